The third-order valence-electron chi connectivity index (χ3n) is 7.42. The molecule has 0 aromatic carbocycles. The van der Waals surface area contributed by atoms with Gasteiger partial charge in [-0.05, 0) is 12.8 Å². The molecule has 0 fully saturated rings. The maximum absolute atomic E-state index is 10.1. The Labute approximate surface area is 224 Å². The number of unbranched alkanes of at least 4 members (excludes halogenated alkanes) is 18. The second-order valence-corrected chi connectivity index (χ2v) is 11.5. The minimum atomic E-state index is -2.54. The van der Waals surface area contributed by atoms with Crippen molar-refractivity contribution < 1.29 is 29.3 Å². The average Bonchev–Trinajstić information content (AvgIpc) is 2.88. The lowest BCUT2D eigenvalue weighted by molar-refractivity contribution is -0.114. The van der Waals surface area contributed by atoms with Gasteiger partial charge in [0.15, 0.2) is 0 Å². The molecule has 36 heavy (non-hydrogen) atoms. The first-order valence-electron chi connectivity index (χ1n) is 15.2. The number of hydrogen-bond acceptors (Lipinski definition) is 6. The number of aliphatic hydroxyl groups is 2. The molecule has 6 nitrogen and oxygen atoms in total. The zero-order valence-electron chi connectivity index (χ0n) is 23.8. The molecule has 218 valence electrons. The molecule has 0 spiro atoms. The second kappa shape index (κ2) is 26.8. The van der Waals surface area contributed by atoms with Crippen molar-refractivity contribution in [3.8, 4) is 0 Å². The molecule has 1 atom stereocenters. The molecule has 0 aromatic heterocycles. The molecule has 1 unspecified atom stereocenters. The monoisotopic (exact) mass is 536 g/mol. The number of rotatable bonds is 29. The van der Waals surface area contributed by atoms with E-state index in [9.17, 15) is 20.0 Å². The molecule has 0 heterocycles. The number of ether oxygens (including phenoxy) is 1. The average molecular weight is 537 g/mol. The van der Waals surface area contributed by atoms with Crippen LogP contribution in [0.3, 0.4) is 0 Å². The highest BCUT2D eigenvalue weighted by molar-refractivity contribution is 7.39. The summed E-state index contributed by atoms with van der Waals surface area (Å²) in [5.41, 5.74) is -1.02. The van der Waals surface area contributed by atoms with Crippen LogP contribution in [0.4, 0.5) is 0 Å². The standard InChI is InChI=1S/C29H61O6P/c1-3-5-7-9-11-13-15-17-19-21-23-28(29(25-30,26-31)27-35-36(32)33)34-24-22-20-18-16-14-12-10-8-6-4-2/h28,30-33H,3-27H2,1-2H3. The Morgan fingerprint density at radius 1 is 0.583 bits per heavy atom. The first kappa shape index (κ1) is 36.2. The summed E-state index contributed by atoms with van der Waals surface area (Å²) < 4.78 is 11.3. The van der Waals surface area contributed by atoms with E-state index in [1.54, 1.807) is 0 Å². The topological polar surface area (TPSA) is 99.4 Å². The number of hydrogen-bond donors (Lipinski definition) is 4. The fourth-order valence-corrected chi connectivity index (χ4v) is 5.20. The van der Waals surface area contributed by atoms with Crippen LogP contribution in [0.5, 0.6) is 0 Å². The molecular weight excluding hydrogens is 475 g/mol. The zero-order valence-corrected chi connectivity index (χ0v) is 24.7. The van der Waals surface area contributed by atoms with Crippen LogP contribution in [0.2, 0.25) is 0 Å². The SMILES string of the molecule is CCCCCCCCCCCCOC(CCCCCCCCCCCC)C(CO)(CO)COP(O)O. The summed E-state index contributed by atoms with van der Waals surface area (Å²) in [6, 6.07) is 0. The maximum atomic E-state index is 10.1. The van der Waals surface area contributed by atoms with Crippen LogP contribution in [0.15, 0.2) is 0 Å². The van der Waals surface area contributed by atoms with Crippen LogP contribution in [0, 0.1) is 5.41 Å². The van der Waals surface area contributed by atoms with Gasteiger partial charge in [0.25, 0.3) is 0 Å². The lowest BCUT2D eigenvalue weighted by atomic mass is 9.81. The normalized spacial score (nSPS) is 13.1. The summed E-state index contributed by atoms with van der Waals surface area (Å²) >= 11 is 0. The molecule has 0 aromatic rings. The van der Waals surface area contributed by atoms with Crippen molar-refractivity contribution >= 4 is 8.60 Å². The molecular formula is C29H61O6P. The van der Waals surface area contributed by atoms with Gasteiger partial charge in [0.05, 0.1) is 31.3 Å². The first-order valence-corrected chi connectivity index (χ1v) is 16.4. The van der Waals surface area contributed by atoms with Gasteiger partial charge in [-0.1, -0.05) is 136 Å². The quantitative estimate of drug-likeness (QED) is 0.0575. The van der Waals surface area contributed by atoms with Gasteiger partial charge in [0, 0.05) is 6.61 Å². The van der Waals surface area contributed by atoms with E-state index in [1.165, 1.54) is 103 Å². The largest absolute Gasteiger partial charge is 0.396 e. The van der Waals surface area contributed by atoms with Crippen molar-refractivity contribution in [2.45, 2.75) is 155 Å². The van der Waals surface area contributed by atoms with Crippen LogP contribution in [-0.2, 0) is 9.26 Å². The van der Waals surface area contributed by atoms with E-state index in [2.05, 4.69) is 13.8 Å². The third-order valence-corrected chi connectivity index (χ3v) is 7.78. The highest BCUT2D eigenvalue weighted by Crippen LogP contribution is 2.34. The Morgan fingerprint density at radius 3 is 1.36 bits per heavy atom. The number of aliphatic hydroxyl groups excluding tert-OH is 2. The van der Waals surface area contributed by atoms with Crippen molar-refractivity contribution in [1.82, 2.24) is 0 Å². The van der Waals surface area contributed by atoms with Crippen molar-refractivity contribution in [2.75, 3.05) is 26.4 Å². The van der Waals surface area contributed by atoms with Gasteiger partial charge in [0.1, 0.15) is 0 Å². The van der Waals surface area contributed by atoms with Gasteiger partial charge in [-0.15, -0.1) is 0 Å². The summed E-state index contributed by atoms with van der Waals surface area (Å²) in [5, 5.41) is 20.2. The fourth-order valence-electron chi connectivity index (χ4n) is 4.82. The molecule has 0 amide bonds. The van der Waals surface area contributed by atoms with Gasteiger partial charge in [-0.2, -0.15) is 0 Å². The molecule has 7 heteroatoms. The minimum Gasteiger partial charge on any atom is -0.396 e. The summed E-state index contributed by atoms with van der Waals surface area (Å²) in [6.07, 6.45) is 25.4. The molecule has 0 radical (unpaired) electrons. The van der Waals surface area contributed by atoms with Crippen LogP contribution < -0.4 is 0 Å². The molecule has 0 saturated carbocycles. The molecule has 0 saturated heterocycles. The van der Waals surface area contributed by atoms with Crippen LogP contribution >= 0.6 is 8.60 Å². The van der Waals surface area contributed by atoms with E-state index < -0.39 is 14.0 Å². The van der Waals surface area contributed by atoms with Crippen LogP contribution in [0.1, 0.15) is 149 Å². The highest BCUT2D eigenvalue weighted by atomic mass is 31.2. The van der Waals surface area contributed by atoms with E-state index in [0.717, 1.165) is 32.1 Å². The first-order chi connectivity index (χ1) is 17.6. The fraction of sp³-hybridized carbons (Fsp3) is 1.00. The maximum Gasteiger partial charge on any atom is 0.327 e. The summed E-state index contributed by atoms with van der Waals surface area (Å²) in [7, 11) is -2.54. The predicted molar refractivity (Wildman–Crippen MR) is 152 cm³/mol. The van der Waals surface area contributed by atoms with Crippen molar-refractivity contribution in [1.29, 1.82) is 0 Å². The van der Waals surface area contributed by atoms with Crippen molar-refractivity contribution in [2.24, 2.45) is 5.41 Å². The van der Waals surface area contributed by atoms with Gasteiger partial charge in [0.2, 0.25) is 0 Å². The summed E-state index contributed by atoms with van der Waals surface area (Å²) in [4.78, 5) is 18.4. The minimum absolute atomic E-state index is 0.126. The smallest absolute Gasteiger partial charge is 0.327 e. The van der Waals surface area contributed by atoms with Crippen LogP contribution in [0.25, 0.3) is 0 Å². The Kier molecular flexibility index (Phi) is 26.9. The second-order valence-electron chi connectivity index (χ2n) is 10.7. The van der Waals surface area contributed by atoms with E-state index in [-0.39, 0.29) is 25.9 Å². The molecule has 0 bridgehead atoms. The zero-order chi connectivity index (χ0) is 26.7. The lowest BCUT2D eigenvalue weighted by Crippen LogP contribution is -2.47. The van der Waals surface area contributed by atoms with E-state index in [4.69, 9.17) is 9.26 Å². The summed E-state index contributed by atoms with van der Waals surface area (Å²) in [6.45, 7) is 4.33. The molecule has 0 aliphatic carbocycles. The van der Waals surface area contributed by atoms with Crippen LogP contribution in [-0.4, -0.2) is 52.5 Å². The molecule has 0 rings (SSSR count). The molecule has 0 aliphatic rings. The van der Waals surface area contributed by atoms with E-state index >= 15 is 0 Å². The Balaban J connectivity index is 4.36. The molecule has 0 aliphatic heterocycles. The van der Waals surface area contributed by atoms with Gasteiger partial charge >= 0.3 is 8.60 Å². The van der Waals surface area contributed by atoms with Gasteiger partial charge < -0.3 is 29.3 Å². The Bertz CT molecular complexity index is 434. The predicted octanol–water partition coefficient (Wildman–Crippen LogP) is 7.80. The summed E-state index contributed by atoms with van der Waals surface area (Å²) in [5.74, 6) is 0. The molecule has 4 N–H and O–H groups in total. The Morgan fingerprint density at radius 2 is 0.972 bits per heavy atom. The Hall–Kier alpha value is 0.190. The third kappa shape index (κ3) is 20.2. The van der Waals surface area contributed by atoms with Gasteiger partial charge in [-0.3, -0.25) is 0 Å². The van der Waals surface area contributed by atoms with E-state index in [1.807, 2.05) is 0 Å². The van der Waals surface area contributed by atoms with Crippen molar-refractivity contribution in [3.63, 3.8) is 0 Å². The van der Waals surface area contributed by atoms with Gasteiger partial charge in [-0.25, -0.2) is 0 Å². The van der Waals surface area contributed by atoms with Crippen molar-refractivity contribution in [3.05, 3.63) is 0 Å². The lowest BCUT2D eigenvalue weighted by Gasteiger charge is -2.37. The highest BCUT2D eigenvalue weighted by Gasteiger charge is 2.39. The van der Waals surface area contributed by atoms with E-state index in [0.29, 0.717) is 6.61 Å².